The van der Waals surface area contributed by atoms with Crippen LogP contribution < -0.4 is 15.4 Å². The number of hydrogen-bond donors (Lipinski definition) is 2. The molecule has 1 saturated heterocycles. The highest BCUT2D eigenvalue weighted by molar-refractivity contribution is 5.32. The topological polar surface area (TPSA) is 61.0 Å². The van der Waals surface area contributed by atoms with Gasteiger partial charge in [-0.2, -0.15) is 0 Å². The molecule has 1 heterocycles. The molecule has 0 aromatic heterocycles. The first-order chi connectivity index (χ1) is 16.3. The summed E-state index contributed by atoms with van der Waals surface area (Å²) in [7, 11) is 5.08. The first kappa shape index (κ1) is 26.6. The summed E-state index contributed by atoms with van der Waals surface area (Å²) >= 11 is 0. The van der Waals surface area contributed by atoms with Gasteiger partial charge in [-0.25, -0.2) is 0 Å². The minimum absolute atomic E-state index is 0.0280. The van der Waals surface area contributed by atoms with Crippen LogP contribution in [0.15, 0.2) is 48.5 Å². The summed E-state index contributed by atoms with van der Waals surface area (Å²) in [6.07, 6.45) is 2.10. The largest absolute Gasteiger partial charge is 0.497 e. The maximum atomic E-state index is 6.28. The smallest absolute Gasteiger partial charge is 0.207 e. The molecule has 1 atom stereocenters. The number of nitrogens with one attached hydrogen (secondary N) is 2. The molecule has 2 N–H and O–H groups in total. The van der Waals surface area contributed by atoms with E-state index in [1.54, 1.807) is 21.3 Å². The fourth-order valence-electron chi connectivity index (χ4n) is 4.67. The van der Waals surface area contributed by atoms with Gasteiger partial charge in [0.05, 0.1) is 13.7 Å². The van der Waals surface area contributed by atoms with E-state index in [1.807, 2.05) is 12.1 Å². The molecule has 1 aliphatic rings. The Morgan fingerprint density at radius 3 is 2.09 bits per heavy atom. The normalized spacial score (nSPS) is 18.9. The monoisotopic (exact) mass is 470 g/mol. The minimum atomic E-state index is -0.812. The quantitative estimate of drug-likeness (QED) is 0.424. The molecular formula is C28H42N2O4. The first-order valence-electron chi connectivity index (χ1n) is 12.2. The number of aryl methyl sites for hydroxylation is 1. The summed E-state index contributed by atoms with van der Waals surface area (Å²) in [4.78, 5) is 0. The molecule has 1 aliphatic heterocycles. The maximum absolute atomic E-state index is 6.28. The number of methoxy groups -OCH3 is 3. The third kappa shape index (κ3) is 6.37. The van der Waals surface area contributed by atoms with E-state index in [0.29, 0.717) is 6.54 Å². The fraction of sp³-hybridized carbons (Fsp3) is 0.571. The third-order valence-electron chi connectivity index (χ3n) is 6.85. The van der Waals surface area contributed by atoms with Crippen LogP contribution in [0.2, 0.25) is 0 Å². The molecule has 2 aromatic rings. The average Bonchev–Trinajstić information content (AvgIpc) is 3.32. The highest BCUT2D eigenvalue weighted by atomic mass is 16.7. The molecule has 0 spiro atoms. The molecule has 0 saturated carbocycles. The van der Waals surface area contributed by atoms with Crippen molar-refractivity contribution in [2.24, 2.45) is 5.41 Å². The predicted octanol–water partition coefficient (Wildman–Crippen LogP) is 4.36. The van der Waals surface area contributed by atoms with E-state index < -0.39 is 5.79 Å². The van der Waals surface area contributed by atoms with Crippen molar-refractivity contribution < 1.29 is 18.9 Å². The molecule has 34 heavy (non-hydrogen) atoms. The molecular weight excluding hydrogens is 428 g/mol. The van der Waals surface area contributed by atoms with Crippen LogP contribution >= 0.6 is 0 Å². The van der Waals surface area contributed by atoms with E-state index in [9.17, 15) is 0 Å². The van der Waals surface area contributed by atoms with Gasteiger partial charge in [0.2, 0.25) is 5.79 Å². The van der Waals surface area contributed by atoms with Gasteiger partial charge in [-0.05, 0) is 42.9 Å². The van der Waals surface area contributed by atoms with Crippen molar-refractivity contribution in [2.75, 3.05) is 54.1 Å². The number of rotatable bonds is 13. The van der Waals surface area contributed by atoms with Crippen molar-refractivity contribution in [3.63, 3.8) is 0 Å². The molecule has 1 unspecified atom stereocenters. The fourth-order valence-corrected chi connectivity index (χ4v) is 4.67. The molecule has 0 radical (unpaired) electrons. The van der Waals surface area contributed by atoms with Crippen molar-refractivity contribution in [1.29, 1.82) is 0 Å². The highest BCUT2D eigenvalue weighted by Gasteiger charge is 2.37. The Morgan fingerprint density at radius 1 is 0.882 bits per heavy atom. The van der Waals surface area contributed by atoms with E-state index in [-0.39, 0.29) is 11.0 Å². The Labute approximate surface area is 205 Å². The molecule has 0 bridgehead atoms. The molecule has 1 fully saturated rings. The van der Waals surface area contributed by atoms with Crippen LogP contribution in [0.5, 0.6) is 5.75 Å². The van der Waals surface area contributed by atoms with E-state index in [1.165, 1.54) is 11.1 Å². The summed E-state index contributed by atoms with van der Waals surface area (Å²) in [5.74, 6) is 0.0544. The summed E-state index contributed by atoms with van der Waals surface area (Å²) in [6, 6.07) is 16.6. The summed E-state index contributed by atoms with van der Waals surface area (Å²) in [6.45, 7) is 10.4. The van der Waals surface area contributed by atoms with Gasteiger partial charge in [-0.3, -0.25) is 0 Å². The van der Waals surface area contributed by atoms with Gasteiger partial charge in [-0.15, -0.1) is 0 Å². The Balaban J connectivity index is 1.55. The van der Waals surface area contributed by atoms with Gasteiger partial charge < -0.3 is 29.6 Å². The van der Waals surface area contributed by atoms with Gasteiger partial charge in [0.15, 0.2) is 0 Å². The van der Waals surface area contributed by atoms with E-state index in [4.69, 9.17) is 18.9 Å². The zero-order valence-corrected chi connectivity index (χ0v) is 21.7. The Hall–Kier alpha value is -1.96. The third-order valence-corrected chi connectivity index (χ3v) is 6.85. The van der Waals surface area contributed by atoms with Crippen LogP contribution in [-0.2, 0) is 25.6 Å². The van der Waals surface area contributed by atoms with Gasteiger partial charge in [0.1, 0.15) is 11.4 Å². The molecule has 0 aliphatic carbocycles. The molecule has 3 rings (SSSR count). The van der Waals surface area contributed by atoms with Crippen LogP contribution in [0, 0.1) is 12.3 Å². The summed E-state index contributed by atoms with van der Waals surface area (Å²) in [5.41, 5.74) is 3.18. The van der Waals surface area contributed by atoms with Gasteiger partial charge in [0, 0.05) is 46.0 Å². The lowest BCUT2D eigenvalue weighted by Gasteiger charge is -2.35. The Kier molecular flexibility index (Phi) is 9.13. The number of ether oxygens (including phenoxy) is 4. The molecule has 0 amide bonds. The lowest BCUT2D eigenvalue weighted by Crippen LogP contribution is -2.47. The average molecular weight is 471 g/mol. The van der Waals surface area contributed by atoms with Crippen LogP contribution in [-0.4, -0.2) is 54.1 Å². The Bertz CT molecular complexity index is 870. The number of hydrogen-bond acceptors (Lipinski definition) is 6. The lowest BCUT2D eigenvalue weighted by molar-refractivity contribution is -0.212. The van der Waals surface area contributed by atoms with Crippen molar-refractivity contribution >= 4 is 0 Å². The van der Waals surface area contributed by atoms with Crippen molar-refractivity contribution in [1.82, 2.24) is 10.6 Å². The SMILES string of the molecule is COc1ccc(C2(CNCC(C)(C)CNCC(OC)(OC)c3ccc(C)cc3)CCCO2)cc1. The van der Waals surface area contributed by atoms with Crippen LogP contribution in [0.3, 0.4) is 0 Å². The zero-order chi connectivity index (χ0) is 24.7. The van der Waals surface area contributed by atoms with Crippen LogP contribution in [0.4, 0.5) is 0 Å². The molecule has 188 valence electrons. The highest BCUT2D eigenvalue weighted by Crippen LogP contribution is 2.36. The second-order valence-electron chi connectivity index (χ2n) is 10.1. The van der Waals surface area contributed by atoms with Gasteiger partial charge in [0.25, 0.3) is 0 Å². The van der Waals surface area contributed by atoms with Gasteiger partial charge in [-0.1, -0.05) is 55.8 Å². The van der Waals surface area contributed by atoms with E-state index in [2.05, 4.69) is 67.8 Å². The first-order valence-corrected chi connectivity index (χ1v) is 12.2. The van der Waals surface area contributed by atoms with Crippen molar-refractivity contribution in [3.8, 4) is 5.75 Å². The molecule has 6 nitrogen and oxygen atoms in total. The maximum Gasteiger partial charge on any atom is 0.207 e. The molecule has 6 heteroatoms. The van der Waals surface area contributed by atoms with Crippen molar-refractivity contribution in [3.05, 3.63) is 65.2 Å². The second-order valence-corrected chi connectivity index (χ2v) is 10.1. The van der Waals surface area contributed by atoms with Crippen LogP contribution in [0.1, 0.15) is 43.4 Å². The minimum Gasteiger partial charge on any atom is -0.497 e. The number of benzene rings is 2. The van der Waals surface area contributed by atoms with E-state index in [0.717, 1.165) is 50.4 Å². The standard InChI is InChI=1S/C28H42N2O4/c1-22-8-10-24(11-9-22)28(32-5,33-6)21-30-19-26(2,3)18-29-20-27(16-7-17-34-27)23-12-14-25(31-4)15-13-23/h8-15,29-30H,7,16-21H2,1-6H3. The summed E-state index contributed by atoms with van der Waals surface area (Å²) < 4.78 is 23.3. The van der Waals surface area contributed by atoms with Gasteiger partial charge >= 0.3 is 0 Å². The lowest BCUT2D eigenvalue weighted by atomic mass is 9.89. The second kappa shape index (κ2) is 11.6. The van der Waals surface area contributed by atoms with Crippen molar-refractivity contribution in [2.45, 2.75) is 45.0 Å². The van der Waals surface area contributed by atoms with E-state index >= 15 is 0 Å². The van der Waals surface area contributed by atoms with Crippen LogP contribution in [0.25, 0.3) is 0 Å². The Morgan fingerprint density at radius 2 is 1.53 bits per heavy atom. The molecule has 2 aromatic carbocycles. The predicted molar refractivity (Wildman–Crippen MR) is 136 cm³/mol. The zero-order valence-electron chi connectivity index (χ0n) is 21.7. The summed E-state index contributed by atoms with van der Waals surface area (Å²) in [5, 5.41) is 7.27.